The maximum Gasteiger partial charge on any atom is 0.300 e. The molecule has 5 heteroatoms. The fourth-order valence-corrected chi connectivity index (χ4v) is 0.604. The van der Waals surface area contributed by atoms with E-state index in [2.05, 4.69) is 10.6 Å². The van der Waals surface area contributed by atoms with Crippen LogP contribution in [-0.4, -0.2) is 37.3 Å². The molecule has 0 aromatic carbocycles. The average Bonchev–Trinajstić information content (AvgIpc) is 1.90. The predicted octanol–water partition coefficient (Wildman–Crippen LogP) is -0.732. The minimum Gasteiger partial charge on any atom is -0.481 e. The Bertz CT molecular complexity index is 81.1. The number of hydrogen-bond donors (Lipinski definition) is 3. The minimum absolute atomic E-state index is 0. The Balaban J connectivity index is 0. The summed E-state index contributed by atoms with van der Waals surface area (Å²) in [5.74, 6) is -0.833. The molecule has 1 rings (SSSR count). The van der Waals surface area contributed by atoms with E-state index in [0.29, 0.717) is 0 Å². The van der Waals surface area contributed by atoms with Crippen LogP contribution in [0.3, 0.4) is 0 Å². The molecule has 0 amide bonds. The molecular weight excluding hydrogens is 318 g/mol. The first-order valence-electron chi connectivity index (χ1n) is 3.34. The standard InChI is InChI=1S/C4H10N2.C2H4O2.Re/c1-2-6-4-3-5-1;1-2(3)4;/h5-6H,1-4H2;1H3,(H,3,4);. The van der Waals surface area contributed by atoms with Crippen LogP contribution in [-0.2, 0) is 25.2 Å². The van der Waals surface area contributed by atoms with Crippen molar-refractivity contribution in [2.45, 2.75) is 6.92 Å². The molecule has 0 aromatic heterocycles. The number of nitrogens with one attached hydrogen (secondary N) is 2. The zero-order chi connectivity index (χ0) is 7.82. The Morgan fingerprint density at radius 1 is 1.18 bits per heavy atom. The summed E-state index contributed by atoms with van der Waals surface area (Å²) in [7, 11) is 0. The fourth-order valence-electron chi connectivity index (χ4n) is 0.604. The first-order chi connectivity index (χ1) is 4.73. The zero-order valence-corrected chi connectivity index (χ0v) is 9.28. The summed E-state index contributed by atoms with van der Waals surface area (Å²) in [6, 6.07) is 0. The number of rotatable bonds is 0. The first kappa shape index (κ1) is 13.6. The summed E-state index contributed by atoms with van der Waals surface area (Å²) in [6.45, 7) is 5.64. The summed E-state index contributed by atoms with van der Waals surface area (Å²) in [4.78, 5) is 9.00. The molecule has 1 heterocycles. The van der Waals surface area contributed by atoms with Crippen LogP contribution < -0.4 is 10.6 Å². The number of hydrogen-bond acceptors (Lipinski definition) is 3. The maximum atomic E-state index is 9.00. The number of aliphatic carboxylic acids is 1. The van der Waals surface area contributed by atoms with Gasteiger partial charge < -0.3 is 15.7 Å². The van der Waals surface area contributed by atoms with Gasteiger partial charge in [-0.15, -0.1) is 0 Å². The second-order valence-corrected chi connectivity index (χ2v) is 2.02. The van der Waals surface area contributed by atoms with Crippen LogP contribution in [0.4, 0.5) is 0 Å². The van der Waals surface area contributed by atoms with Gasteiger partial charge in [0.2, 0.25) is 0 Å². The van der Waals surface area contributed by atoms with E-state index in [4.69, 9.17) is 9.90 Å². The molecule has 1 saturated heterocycles. The van der Waals surface area contributed by atoms with E-state index in [0.717, 1.165) is 33.1 Å². The van der Waals surface area contributed by atoms with Crippen molar-refractivity contribution < 1.29 is 30.3 Å². The number of carbonyl (C=O) groups is 1. The smallest absolute Gasteiger partial charge is 0.300 e. The summed E-state index contributed by atoms with van der Waals surface area (Å²) < 4.78 is 0. The zero-order valence-electron chi connectivity index (χ0n) is 6.56. The van der Waals surface area contributed by atoms with Crippen molar-refractivity contribution in [1.82, 2.24) is 10.6 Å². The van der Waals surface area contributed by atoms with Gasteiger partial charge in [-0.3, -0.25) is 4.79 Å². The SMILES string of the molecule is C1CNCCN1.CC(=O)O.[Re]. The van der Waals surface area contributed by atoms with Crippen molar-refractivity contribution in [1.29, 1.82) is 0 Å². The van der Waals surface area contributed by atoms with Crippen LogP contribution in [0, 0.1) is 0 Å². The Hall–Kier alpha value is 0.0523. The Morgan fingerprint density at radius 2 is 1.36 bits per heavy atom. The molecule has 67 valence electrons. The molecule has 1 aliphatic heterocycles. The molecule has 0 spiro atoms. The molecule has 0 saturated carbocycles. The van der Waals surface area contributed by atoms with Crippen LogP contribution in [0.5, 0.6) is 0 Å². The van der Waals surface area contributed by atoms with Crippen molar-refractivity contribution >= 4 is 5.97 Å². The Kier molecular flexibility index (Phi) is 12.5. The molecule has 0 aliphatic carbocycles. The van der Waals surface area contributed by atoms with Crippen LogP contribution in [0.15, 0.2) is 0 Å². The van der Waals surface area contributed by atoms with Gasteiger partial charge in [-0.05, 0) is 0 Å². The summed E-state index contributed by atoms with van der Waals surface area (Å²) in [5.41, 5.74) is 0. The summed E-state index contributed by atoms with van der Waals surface area (Å²) in [5, 5.41) is 13.9. The second kappa shape index (κ2) is 10.1. The Labute approximate surface area is 80.4 Å². The molecular formula is C6H14N2O2Re. The third kappa shape index (κ3) is 17.8. The number of carboxylic acid groups (broad SMARTS) is 1. The predicted molar refractivity (Wildman–Crippen MR) is 39.0 cm³/mol. The molecule has 3 N–H and O–H groups in total. The second-order valence-electron chi connectivity index (χ2n) is 2.02. The number of carboxylic acids is 1. The normalized spacial score (nSPS) is 15.4. The molecule has 0 bridgehead atoms. The van der Waals surface area contributed by atoms with Crippen LogP contribution >= 0.6 is 0 Å². The van der Waals surface area contributed by atoms with Gasteiger partial charge in [-0.2, -0.15) is 0 Å². The van der Waals surface area contributed by atoms with Crippen molar-refractivity contribution in [2.75, 3.05) is 26.2 Å². The van der Waals surface area contributed by atoms with Crippen LogP contribution in [0.1, 0.15) is 6.92 Å². The van der Waals surface area contributed by atoms with E-state index in [9.17, 15) is 0 Å². The van der Waals surface area contributed by atoms with Gasteiger partial charge in [-0.25, -0.2) is 0 Å². The molecule has 1 fully saturated rings. The van der Waals surface area contributed by atoms with Gasteiger partial charge in [-0.1, -0.05) is 0 Å². The maximum absolute atomic E-state index is 9.00. The third-order valence-electron chi connectivity index (χ3n) is 0.957. The quantitative estimate of drug-likeness (QED) is 0.547. The van der Waals surface area contributed by atoms with E-state index in [1.54, 1.807) is 0 Å². The van der Waals surface area contributed by atoms with E-state index < -0.39 is 5.97 Å². The molecule has 0 unspecified atom stereocenters. The van der Waals surface area contributed by atoms with Crippen LogP contribution in [0.25, 0.3) is 0 Å². The van der Waals surface area contributed by atoms with Gasteiger partial charge in [0.05, 0.1) is 0 Å². The largest absolute Gasteiger partial charge is 0.481 e. The molecule has 0 atom stereocenters. The van der Waals surface area contributed by atoms with Gasteiger partial charge in [0, 0.05) is 53.5 Å². The van der Waals surface area contributed by atoms with Gasteiger partial charge >= 0.3 is 0 Å². The third-order valence-corrected chi connectivity index (χ3v) is 0.957. The molecule has 4 nitrogen and oxygen atoms in total. The van der Waals surface area contributed by atoms with E-state index in [1.165, 1.54) is 0 Å². The topological polar surface area (TPSA) is 61.4 Å². The minimum atomic E-state index is -0.833. The van der Waals surface area contributed by atoms with Crippen molar-refractivity contribution in [3.63, 3.8) is 0 Å². The van der Waals surface area contributed by atoms with Crippen molar-refractivity contribution in [2.24, 2.45) is 0 Å². The molecule has 0 aromatic rings. The van der Waals surface area contributed by atoms with Crippen molar-refractivity contribution in [3.05, 3.63) is 0 Å². The molecule has 1 radical (unpaired) electrons. The average molecular weight is 332 g/mol. The Morgan fingerprint density at radius 3 is 1.45 bits per heavy atom. The summed E-state index contributed by atoms with van der Waals surface area (Å²) >= 11 is 0. The van der Waals surface area contributed by atoms with Crippen molar-refractivity contribution in [3.8, 4) is 0 Å². The summed E-state index contributed by atoms with van der Waals surface area (Å²) in [6.07, 6.45) is 0. The van der Waals surface area contributed by atoms with Gasteiger partial charge in [0.1, 0.15) is 0 Å². The van der Waals surface area contributed by atoms with Gasteiger partial charge in [0.15, 0.2) is 0 Å². The fraction of sp³-hybridized carbons (Fsp3) is 0.833. The molecule has 1 aliphatic rings. The van der Waals surface area contributed by atoms with E-state index >= 15 is 0 Å². The first-order valence-corrected chi connectivity index (χ1v) is 3.34. The number of piperazine rings is 1. The van der Waals surface area contributed by atoms with E-state index in [-0.39, 0.29) is 20.4 Å². The molecule has 11 heavy (non-hydrogen) atoms. The van der Waals surface area contributed by atoms with E-state index in [1.807, 2.05) is 0 Å². The monoisotopic (exact) mass is 333 g/mol. The van der Waals surface area contributed by atoms with Crippen LogP contribution in [0.2, 0.25) is 0 Å². The van der Waals surface area contributed by atoms with Gasteiger partial charge in [0.25, 0.3) is 5.97 Å².